The van der Waals surface area contributed by atoms with E-state index in [0.717, 1.165) is 12.8 Å². The van der Waals surface area contributed by atoms with E-state index in [4.69, 9.17) is 19.6 Å². The molecular weight excluding hydrogens is 374 g/mol. The fourth-order valence-corrected chi connectivity index (χ4v) is 2.32. The second-order valence-corrected chi connectivity index (χ2v) is 5.96. The summed E-state index contributed by atoms with van der Waals surface area (Å²) in [5.74, 6) is 0.838. The standard InChI is InChI=1S/C18H21N3O5.ClH/c1-24-15-5-4-13(21-18(23)11-6-14(8-19)25-9-11)7-16(15)26-10-17(22)20-12-2-3-12;/h4-7,9,12H,2-3,8,10,19H2,1H3,(H,20,22)(H,21,23);1H. The zero-order valence-corrected chi connectivity index (χ0v) is 15.6. The predicted molar refractivity (Wildman–Crippen MR) is 101 cm³/mol. The molecule has 3 rings (SSSR count). The van der Waals surface area contributed by atoms with Crippen molar-refractivity contribution in [3.05, 3.63) is 41.9 Å². The number of furan rings is 1. The molecule has 0 saturated heterocycles. The first-order chi connectivity index (χ1) is 12.6. The number of carbonyl (C=O) groups excluding carboxylic acids is 2. The van der Waals surface area contributed by atoms with Gasteiger partial charge in [-0.15, -0.1) is 12.4 Å². The topological polar surface area (TPSA) is 116 Å². The number of carbonyl (C=O) groups is 2. The van der Waals surface area contributed by atoms with Crippen molar-refractivity contribution in [2.24, 2.45) is 5.73 Å². The van der Waals surface area contributed by atoms with Gasteiger partial charge in [-0.3, -0.25) is 9.59 Å². The molecule has 1 aliphatic carbocycles. The monoisotopic (exact) mass is 395 g/mol. The highest BCUT2D eigenvalue weighted by Gasteiger charge is 2.23. The average Bonchev–Trinajstić information content (AvgIpc) is 3.32. The van der Waals surface area contributed by atoms with E-state index in [1.165, 1.54) is 13.4 Å². The van der Waals surface area contributed by atoms with Crippen molar-refractivity contribution in [1.82, 2.24) is 5.32 Å². The van der Waals surface area contributed by atoms with Crippen molar-refractivity contribution in [3.8, 4) is 11.5 Å². The summed E-state index contributed by atoms with van der Waals surface area (Å²) in [6.45, 7) is 0.0998. The fourth-order valence-electron chi connectivity index (χ4n) is 2.32. The second-order valence-electron chi connectivity index (χ2n) is 5.96. The van der Waals surface area contributed by atoms with Crippen LogP contribution in [0.3, 0.4) is 0 Å². The third-order valence-electron chi connectivity index (χ3n) is 3.84. The van der Waals surface area contributed by atoms with Crippen LogP contribution in [0.15, 0.2) is 34.9 Å². The first-order valence-electron chi connectivity index (χ1n) is 8.28. The number of methoxy groups -OCH3 is 1. The van der Waals surface area contributed by atoms with Gasteiger partial charge in [0.05, 0.1) is 19.2 Å². The van der Waals surface area contributed by atoms with Crippen molar-refractivity contribution in [1.29, 1.82) is 0 Å². The second kappa shape index (κ2) is 9.29. The molecule has 1 aromatic carbocycles. The van der Waals surface area contributed by atoms with E-state index in [-0.39, 0.29) is 43.4 Å². The third kappa shape index (κ3) is 5.63. The molecule has 146 valence electrons. The summed E-state index contributed by atoms with van der Waals surface area (Å²) in [7, 11) is 1.50. The molecule has 0 bridgehead atoms. The number of hydrogen-bond donors (Lipinski definition) is 3. The normalized spacial score (nSPS) is 12.7. The lowest BCUT2D eigenvalue weighted by Crippen LogP contribution is -2.30. The van der Waals surface area contributed by atoms with Crippen molar-refractivity contribution < 1.29 is 23.5 Å². The minimum Gasteiger partial charge on any atom is -0.493 e. The molecule has 1 saturated carbocycles. The highest BCUT2D eigenvalue weighted by molar-refractivity contribution is 6.04. The molecule has 1 fully saturated rings. The number of nitrogens with one attached hydrogen (secondary N) is 2. The Hall–Kier alpha value is -2.71. The van der Waals surface area contributed by atoms with E-state index in [2.05, 4.69) is 10.6 Å². The Labute approximate surface area is 162 Å². The molecule has 9 heteroatoms. The van der Waals surface area contributed by atoms with Gasteiger partial charge in [0.2, 0.25) is 0 Å². The SMILES string of the molecule is COc1ccc(NC(=O)c2coc(CN)c2)cc1OCC(=O)NC1CC1.Cl. The Balaban J connectivity index is 0.00000261. The van der Waals surface area contributed by atoms with Crippen molar-refractivity contribution in [3.63, 3.8) is 0 Å². The van der Waals surface area contributed by atoms with E-state index in [9.17, 15) is 9.59 Å². The molecule has 0 radical (unpaired) electrons. The predicted octanol–water partition coefficient (Wildman–Crippen LogP) is 2.08. The molecule has 1 heterocycles. The summed E-state index contributed by atoms with van der Waals surface area (Å²) in [5, 5.41) is 5.58. The molecule has 1 aromatic heterocycles. The molecule has 0 aliphatic heterocycles. The Morgan fingerprint density at radius 2 is 2.04 bits per heavy atom. The van der Waals surface area contributed by atoms with Crippen LogP contribution in [0.5, 0.6) is 11.5 Å². The van der Waals surface area contributed by atoms with Gasteiger partial charge < -0.3 is 30.3 Å². The maximum Gasteiger partial charge on any atom is 0.258 e. The van der Waals surface area contributed by atoms with Gasteiger partial charge in [0.15, 0.2) is 18.1 Å². The van der Waals surface area contributed by atoms with E-state index in [1.807, 2.05) is 0 Å². The van der Waals surface area contributed by atoms with Gasteiger partial charge in [-0.1, -0.05) is 0 Å². The van der Waals surface area contributed by atoms with E-state index in [1.54, 1.807) is 24.3 Å². The van der Waals surface area contributed by atoms with Crippen molar-refractivity contribution in [2.75, 3.05) is 19.0 Å². The largest absolute Gasteiger partial charge is 0.493 e. The Morgan fingerprint density at radius 3 is 2.67 bits per heavy atom. The van der Waals surface area contributed by atoms with Gasteiger partial charge in [-0.25, -0.2) is 0 Å². The van der Waals surface area contributed by atoms with Crippen molar-refractivity contribution in [2.45, 2.75) is 25.4 Å². The summed E-state index contributed by atoms with van der Waals surface area (Å²) in [6, 6.07) is 6.79. The summed E-state index contributed by atoms with van der Waals surface area (Å²) >= 11 is 0. The minimum atomic E-state index is -0.337. The van der Waals surface area contributed by atoms with Crippen LogP contribution in [0.4, 0.5) is 5.69 Å². The number of amides is 2. The average molecular weight is 396 g/mol. The molecule has 0 spiro atoms. The molecule has 0 unspecified atom stereocenters. The highest BCUT2D eigenvalue weighted by Crippen LogP contribution is 2.30. The highest BCUT2D eigenvalue weighted by atomic mass is 35.5. The molecule has 0 atom stereocenters. The van der Waals surface area contributed by atoms with E-state index in [0.29, 0.717) is 28.5 Å². The van der Waals surface area contributed by atoms with Gasteiger partial charge in [0, 0.05) is 17.8 Å². The molecule has 1 aliphatic rings. The fraction of sp³-hybridized carbons (Fsp3) is 0.333. The van der Waals surface area contributed by atoms with E-state index >= 15 is 0 Å². The summed E-state index contributed by atoms with van der Waals surface area (Å²) < 4.78 is 15.9. The molecule has 4 N–H and O–H groups in total. The summed E-state index contributed by atoms with van der Waals surface area (Å²) in [4.78, 5) is 24.0. The quantitative estimate of drug-likeness (QED) is 0.630. The van der Waals surface area contributed by atoms with Crippen LogP contribution in [0.2, 0.25) is 0 Å². The maximum absolute atomic E-state index is 12.3. The van der Waals surface area contributed by atoms with Gasteiger partial charge in [-0.2, -0.15) is 0 Å². The van der Waals surface area contributed by atoms with Gasteiger partial charge in [0.1, 0.15) is 12.0 Å². The first-order valence-corrected chi connectivity index (χ1v) is 8.28. The number of hydrogen-bond acceptors (Lipinski definition) is 6. The van der Waals surface area contributed by atoms with Crippen LogP contribution < -0.4 is 25.8 Å². The summed E-state index contributed by atoms with van der Waals surface area (Å²) in [5.41, 5.74) is 6.34. The Morgan fingerprint density at radius 1 is 1.26 bits per heavy atom. The van der Waals surface area contributed by atoms with Crippen LogP contribution in [0, 0.1) is 0 Å². The zero-order chi connectivity index (χ0) is 18.5. The lowest BCUT2D eigenvalue weighted by molar-refractivity contribution is -0.123. The van der Waals surface area contributed by atoms with Crippen LogP contribution >= 0.6 is 12.4 Å². The maximum atomic E-state index is 12.3. The van der Waals surface area contributed by atoms with Crippen LogP contribution in [-0.4, -0.2) is 31.6 Å². The number of benzene rings is 1. The van der Waals surface area contributed by atoms with Gasteiger partial charge >= 0.3 is 0 Å². The smallest absolute Gasteiger partial charge is 0.258 e. The van der Waals surface area contributed by atoms with Crippen molar-refractivity contribution >= 4 is 29.9 Å². The lowest BCUT2D eigenvalue weighted by Gasteiger charge is -2.12. The minimum absolute atomic E-state index is 0. The Bertz CT molecular complexity index is 804. The number of anilines is 1. The van der Waals surface area contributed by atoms with Crippen LogP contribution in [-0.2, 0) is 11.3 Å². The third-order valence-corrected chi connectivity index (χ3v) is 3.84. The molecule has 8 nitrogen and oxygen atoms in total. The Kier molecular flexibility index (Phi) is 7.09. The molecule has 2 amide bonds. The number of halogens is 1. The van der Waals surface area contributed by atoms with Crippen LogP contribution in [0.25, 0.3) is 0 Å². The lowest BCUT2D eigenvalue weighted by atomic mass is 10.2. The first kappa shape index (κ1) is 20.6. The molecule has 2 aromatic rings. The number of rotatable bonds is 8. The zero-order valence-electron chi connectivity index (χ0n) is 14.8. The van der Waals surface area contributed by atoms with Gasteiger partial charge in [-0.05, 0) is 31.0 Å². The van der Waals surface area contributed by atoms with Crippen LogP contribution in [0.1, 0.15) is 29.0 Å². The molecular formula is C18H22ClN3O5. The molecule has 27 heavy (non-hydrogen) atoms. The summed E-state index contributed by atoms with van der Waals surface area (Å²) in [6.07, 6.45) is 3.37. The number of ether oxygens (including phenoxy) is 2. The number of nitrogens with two attached hydrogens (primary N) is 1. The van der Waals surface area contributed by atoms with E-state index < -0.39 is 0 Å². The van der Waals surface area contributed by atoms with Gasteiger partial charge in [0.25, 0.3) is 11.8 Å².